The van der Waals surface area contributed by atoms with Gasteiger partial charge in [0.2, 0.25) is 0 Å². The summed E-state index contributed by atoms with van der Waals surface area (Å²) in [5.74, 6) is 0.189. The monoisotopic (exact) mass is 389 g/mol. The van der Waals surface area contributed by atoms with Crippen LogP contribution in [-0.2, 0) is 0 Å². The van der Waals surface area contributed by atoms with Gasteiger partial charge in [-0.15, -0.1) is 0 Å². The molecule has 1 aliphatic rings. The van der Waals surface area contributed by atoms with Crippen LogP contribution in [0.25, 0.3) is 10.9 Å². The van der Waals surface area contributed by atoms with Gasteiger partial charge in [-0.2, -0.15) is 5.26 Å². The molecule has 0 aliphatic heterocycles. The number of carbonyl (C=O) groups is 1. The summed E-state index contributed by atoms with van der Waals surface area (Å²) < 4.78 is 19.2. The van der Waals surface area contributed by atoms with E-state index in [4.69, 9.17) is 4.74 Å². The molecule has 0 saturated heterocycles. The number of rotatable bonds is 4. The van der Waals surface area contributed by atoms with Gasteiger partial charge in [-0.25, -0.2) is 4.39 Å². The topological polar surface area (TPSA) is 75.0 Å². The standard InChI is InChI=1S/C23H20FN3O2/c24-17-6-4-15(5-7-17)23(28)27-18-8-10-19(11-9-18)29-21-12-13-26-22-16(14-25)2-1-3-20(21)22/h1-7,12-13,18-19H,8-11H2,(H,27,28). The molecule has 1 aromatic heterocycles. The fraction of sp³-hybridized carbons (Fsp3) is 0.261. The highest BCUT2D eigenvalue weighted by molar-refractivity contribution is 5.94. The molecule has 0 unspecified atom stereocenters. The number of fused-ring (bicyclic) bond motifs is 1. The molecule has 1 heterocycles. The number of pyridine rings is 1. The number of nitriles is 1. The second-order valence-electron chi connectivity index (χ2n) is 7.19. The summed E-state index contributed by atoms with van der Waals surface area (Å²) in [6.45, 7) is 0. The zero-order chi connectivity index (χ0) is 20.2. The Morgan fingerprint density at radius 2 is 1.86 bits per heavy atom. The zero-order valence-corrected chi connectivity index (χ0v) is 15.8. The summed E-state index contributed by atoms with van der Waals surface area (Å²) in [7, 11) is 0. The van der Waals surface area contributed by atoms with Crippen LogP contribution in [0.2, 0.25) is 0 Å². The Kier molecular flexibility index (Phi) is 5.39. The molecule has 1 saturated carbocycles. The van der Waals surface area contributed by atoms with Crippen LogP contribution in [0, 0.1) is 17.1 Å². The molecule has 4 rings (SSSR count). The van der Waals surface area contributed by atoms with E-state index in [2.05, 4.69) is 16.4 Å². The SMILES string of the molecule is N#Cc1cccc2c(OC3CCC(NC(=O)c4ccc(F)cc4)CC3)ccnc12. The lowest BCUT2D eigenvalue weighted by Gasteiger charge is -2.29. The molecule has 1 fully saturated rings. The van der Waals surface area contributed by atoms with E-state index in [9.17, 15) is 14.4 Å². The smallest absolute Gasteiger partial charge is 0.251 e. The van der Waals surface area contributed by atoms with Gasteiger partial charge in [-0.1, -0.05) is 6.07 Å². The van der Waals surface area contributed by atoms with Crippen molar-refractivity contribution in [3.63, 3.8) is 0 Å². The first-order valence-corrected chi connectivity index (χ1v) is 9.65. The van der Waals surface area contributed by atoms with E-state index in [-0.39, 0.29) is 23.9 Å². The van der Waals surface area contributed by atoms with Crippen molar-refractivity contribution in [3.8, 4) is 11.8 Å². The van der Waals surface area contributed by atoms with Gasteiger partial charge < -0.3 is 10.1 Å². The predicted octanol–water partition coefficient (Wildman–Crippen LogP) is 4.37. The fourth-order valence-electron chi connectivity index (χ4n) is 3.72. The van der Waals surface area contributed by atoms with Gasteiger partial charge >= 0.3 is 0 Å². The first-order chi connectivity index (χ1) is 14.1. The lowest BCUT2D eigenvalue weighted by Crippen LogP contribution is -2.39. The fourth-order valence-corrected chi connectivity index (χ4v) is 3.72. The van der Waals surface area contributed by atoms with Crippen molar-refractivity contribution in [2.75, 3.05) is 0 Å². The van der Waals surface area contributed by atoms with E-state index in [1.165, 1.54) is 24.3 Å². The molecule has 1 amide bonds. The van der Waals surface area contributed by atoms with Crippen molar-refractivity contribution < 1.29 is 13.9 Å². The first-order valence-electron chi connectivity index (χ1n) is 9.65. The van der Waals surface area contributed by atoms with Crippen molar-refractivity contribution >= 4 is 16.8 Å². The highest BCUT2D eigenvalue weighted by Crippen LogP contribution is 2.30. The van der Waals surface area contributed by atoms with Crippen LogP contribution in [0.5, 0.6) is 5.75 Å². The Labute approximate surface area is 168 Å². The number of ether oxygens (including phenoxy) is 1. The average molecular weight is 389 g/mol. The number of halogens is 1. The van der Waals surface area contributed by atoms with Gasteiger partial charge in [0.1, 0.15) is 17.6 Å². The molecule has 1 N–H and O–H groups in total. The van der Waals surface area contributed by atoms with E-state index in [0.29, 0.717) is 16.6 Å². The van der Waals surface area contributed by atoms with Crippen molar-refractivity contribution in [1.82, 2.24) is 10.3 Å². The van der Waals surface area contributed by atoms with Crippen LogP contribution >= 0.6 is 0 Å². The van der Waals surface area contributed by atoms with Crippen molar-refractivity contribution in [2.24, 2.45) is 0 Å². The Hall–Kier alpha value is -3.46. The largest absolute Gasteiger partial charge is 0.490 e. The number of amides is 1. The normalized spacial score (nSPS) is 18.8. The van der Waals surface area contributed by atoms with Gasteiger partial charge in [-0.3, -0.25) is 9.78 Å². The third kappa shape index (κ3) is 4.19. The molecule has 0 spiro atoms. The predicted molar refractivity (Wildman–Crippen MR) is 107 cm³/mol. The second kappa shape index (κ2) is 8.27. The Balaban J connectivity index is 1.37. The number of benzene rings is 2. The molecular weight excluding hydrogens is 369 g/mol. The molecule has 29 heavy (non-hydrogen) atoms. The summed E-state index contributed by atoms with van der Waals surface area (Å²) in [6, 6.07) is 15.1. The van der Waals surface area contributed by atoms with Crippen LogP contribution in [0.3, 0.4) is 0 Å². The third-order valence-corrected chi connectivity index (χ3v) is 5.26. The Bertz CT molecular complexity index is 1070. The number of nitrogens with zero attached hydrogens (tertiary/aromatic N) is 2. The maximum absolute atomic E-state index is 13.0. The first kappa shape index (κ1) is 18.9. The summed E-state index contributed by atoms with van der Waals surface area (Å²) in [5, 5.41) is 13.1. The van der Waals surface area contributed by atoms with Gasteiger partial charge in [0.25, 0.3) is 5.91 Å². The van der Waals surface area contributed by atoms with E-state index >= 15 is 0 Å². The minimum absolute atomic E-state index is 0.0466. The molecule has 1 aliphatic carbocycles. The molecular formula is C23H20FN3O2. The van der Waals surface area contributed by atoms with E-state index in [1.54, 1.807) is 12.3 Å². The molecule has 0 atom stereocenters. The average Bonchev–Trinajstić information content (AvgIpc) is 2.75. The Morgan fingerprint density at radius 3 is 2.59 bits per heavy atom. The maximum atomic E-state index is 13.0. The zero-order valence-electron chi connectivity index (χ0n) is 15.8. The van der Waals surface area contributed by atoms with Crippen molar-refractivity contribution in [2.45, 2.75) is 37.8 Å². The van der Waals surface area contributed by atoms with Gasteiger partial charge in [0.15, 0.2) is 0 Å². The van der Waals surface area contributed by atoms with Crippen LogP contribution < -0.4 is 10.1 Å². The molecule has 6 heteroatoms. The highest BCUT2D eigenvalue weighted by atomic mass is 19.1. The summed E-state index contributed by atoms with van der Waals surface area (Å²) >= 11 is 0. The number of para-hydroxylation sites is 1. The number of carbonyl (C=O) groups excluding carboxylic acids is 1. The van der Waals surface area contributed by atoms with E-state index < -0.39 is 0 Å². The lowest BCUT2D eigenvalue weighted by atomic mass is 9.92. The summed E-state index contributed by atoms with van der Waals surface area (Å²) in [6.07, 6.45) is 4.96. The van der Waals surface area contributed by atoms with Crippen molar-refractivity contribution in [3.05, 3.63) is 71.7 Å². The maximum Gasteiger partial charge on any atom is 0.251 e. The molecule has 0 radical (unpaired) electrons. The van der Waals surface area contributed by atoms with Crippen LogP contribution in [0.1, 0.15) is 41.6 Å². The van der Waals surface area contributed by atoms with E-state index in [0.717, 1.165) is 36.8 Å². The minimum atomic E-state index is -0.357. The molecule has 0 bridgehead atoms. The third-order valence-electron chi connectivity index (χ3n) is 5.26. The molecule has 2 aromatic carbocycles. The second-order valence-corrected chi connectivity index (χ2v) is 7.19. The molecule has 146 valence electrons. The van der Waals surface area contributed by atoms with Crippen molar-refractivity contribution in [1.29, 1.82) is 5.26 Å². The summed E-state index contributed by atoms with van der Waals surface area (Å²) in [4.78, 5) is 16.6. The van der Waals surface area contributed by atoms with Crippen LogP contribution in [0.4, 0.5) is 4.39 Å². The Morgan fingerprint density at radius 1 is 1.10 bits per heavy atom. The lowest BCUT2D eigenvalue weighted by molar-refractivity contribution is 0.0895. The number of nitrogens with one attached hydrogen (secondary N) is 1. The van der Waals surface area contributed by atoms with E-state index in [1.807, 2.05) is 18.2 Å². The quantitative estimate of drug-likeness (QED) is 0.719. The van der Waals surface area contributed by atoms with Crippen LogP contribution in [0.15, 0.2) is 54.7 Å². The van der Waals surface area contributed by atoms with Crippen LogP contribution in [-0.4, -0.2) is 23.0 Å². The minimum Gasteiger partial charge on any atom is -0.490 e. The highest BCUT2D eigenvalue weighted by Gasteiger charge is 2.24. The molecule has 5 nitrogen and oxygen atoms in total. The molecule has 3 aromatic rings. The summed E-state index contributed by atoms with van der Waals surface area (Å²) in [5.41, 5.74) is 1.63. The van der Waals surface area contributed by atoms with Gasteiger partial charge in [0, 0.05) is 23.2 Å². The number of hydrogen-bond acceptors (Lipinski definition) is 4. The van der Waals surface area contributed by atoms with Gasteiger partial charge in [-0.05, 0) is 68.1 Å². The van der Waals surface area contributed by atoms with Gasteiger partial charge in [0.05, 0.1) is 17.2 Å². The number of aromatic nitrogens is 1. The number of hydrogen-bond donors (Lipinski definition) is 1.